The SMILES string of the molecule is Cc1cc(F)c(NCc2nc[nH]c2C)cc1F. The Hall–Kier alpha value is -1.91. The van der Waals surface area contributed by atoms with Gasteiger partial charge in [-0.1, -0.05) is 0 Å². The van der Waals surface area contributed by atoms with E-state index in [1.54, 1.807) is 6.33 Å². The highest BCUT2D eigenvalue weighted by molar-refractivity contribution is 5.47. The molecule has 0 unspecified atom stereocenters. The Bertz CT molecular complexity index is 535. The fourth-order valence-electron chi connectivity index (χ4n) is 1.53. The smallest absolute Gasteiger partial charge is 0.146 e. The molecular formula is C12H13F2N3. The molecule has 0 saturated carbocycles. The topological polar surface area (TPSA) is 40.7 Å². The predicted molar refractivity (Wildman–Crippen MR) is 61.7 cm³/mol. The molecule has 2 rings (SSSR count). The zero-order valence-corrected chi connectivity index (χ0v) is 9.64. The molecule has 2 N–H and O–H groups in total. The number of hydrogen-bond donors (Lipinski definition) is 2. The Morgan fingerprint density at radius 1 is 1.24 bits per heavy atom. The van der Waals surface area contributed by atoms with Crippen molar-refractivity contribution >= 4 is 5.69 Å². The van der Waals surface area contributed by atoms with Gasteiger partial charge in [-0.15, -0.1) is 0 Å². The maximum absolute atomic E-state index is 13.5. The molecule has 0 saturated heterocycles. The first kappa shape index (κ1) is 11.6. The maximum atomic E-state index is 13.5. The predicted octanol–water partition coefficient (Wildman–Crippen LogP) is 2.92. The summed E-state index contributed by atoms with van der Waals surface area (Å²) in [6.45, 7) is 3.75. The van der Waals surface area contributed by atoms with Crippen LogP contribution >= 0.6 is 0 Å². The summed E-state index contributed by atoms with van der Waals surface area (Å²) in [5.74, 6) is -0.885. The molecule has 17 heavy (non-hydrogen) atoms. The largest absolute Gasteiger partial charge is 0.377 e. The highest BCUT2D eigenvalue weighted by atomic mass is 19.1. The summed E-state index contributed by atoms with van der Waals surface area (Å²) in [6.07, 6.45) is 1.57. The molecule has 0 radical (unpaired) electrons. The summed E-state index contributed by atoms with van der Waals surface area (Å²) in [5.41, 5.74) is 2.13. The Labute approximate surface area is 97.9 Å². The lowest BCUT2D eigenvalue weighted by Crippen LogP contribution is -2.04. The molecule has 0 aliphatic rings. The lowest BCUT2D eigenvalue weighted by molar-refractivity contribution is 0.594. The van der Waals surface area contributed by atoms with E-state index in [0.29, 0.717) is 12.1 Å². The minimum atomic E-state index is -0.461. The number of aromatic nitrogens is 2. The van der Waals surface area contributed by atoms with Gasteiger partial charge in [0.2, 0.25) is 0 Å². The zero-order valence-electron chi connectivity index (χ0n) is 9.64. The summed E-state index contributed by atoms with van der Waals surface area (Å²) in [4.78, 5) is 6.99. The van der Waals surface area contributed by atoms with Crippen LogP contribution in [0.25, 0.3) is 0 Å². The molecule has 0 aliphatic heterocycles. The van der Waals surface area contributed by atoms with Gasteiger partial charge in [-0.05, 0) is 25.5 Å². The lowest BCUT2D eigenvalue weighted by atomic mass is 10.2. The molecule has 1 aromatic heterocycles. The summed E-state index contributed by atoms with van der Waals surface area (Å²) in [5, 5.41) is 2.83. The van der Waals surface area contributed by atoms with E-state index in [2.05, 4.69) is 15.3 Å². The van der Waals surface area contributed by atoms with Crippen molar-refractivity contribution in [2.24, 2.45) is 0 Å². The van der Waals surface area contributed by atoms with Crippen LogP contribution in [0.3, 0.4) is 0 Å². The molecule has 0 atom stereocenters. The fourth-order valence-corrected chi connectivity index (χ4v) is 1.53. The molecule has 0 aliphatic carbocycles. The van der Waals surface area contributed by atoms with Crippen LogP contribution in [0.4, 0.5) is 14.5 Å². The third-order valence-corrected chi connectivity index (χ3v) is 2.63. The van der Waals surface area contributed by atoms with Gasteiger partial charge in [-0.25, -0.2) is 13.8 Å². The number of halogens is 2. The molecule has 2 aromatic rings. The van der Waals surface area contributed by atoms with Gasteiger partial charge in [0.1, 0.15) is 11.6 Å². The quantitative estimate of drug-likeness (QED) is 0.861. The van der Waals surface area contributed by atoms with Gasteiger partial charge in [0, 0.05) is 11.8 Å². The molecule has 5 heteroatoms. The molecular weight excluding hydrogens is 224 g/mol. The number of nitrogens with one attached hydrogen (secondary N) is 2. The van der Waals surface area contributed by atoms with Gasteiger partial charge in [-0.3, -0.25) is 0 Å². The van der Waals surface area contributed by atoms with Crippen molar-refractivity contribution in [3.8, 4) is 0 Å². The van der Waals surface area contributed by atoms with Crippen molar-refractivity contribution in [2.75, 3.05) is 5.32 Å². The van der Waals surface area contributed by atoms with Crippen molar-refractivity contribution in [1.82, 2.24) is 9.97 Å². The Morgan fingerprint density at radius 2 is 2.00 bits per heavy atom. The Kier molecular flexibility index (Phi) is 3.08. The summed E-state index contributed by atoms with van der Waals surface area (Å²) in [7, 11) is 0. The highest BCUT2D eigenvalue weighted by Crippen LogP contribution is 2.19. The lowest BCUT2D eigenvalue weighted by Gasteiger charge is -2.08. The molecule has 0 fully saturated rings. The van der Waals surface area contributed by atoms with Crippen molar-refractivity contribution in [3.05, 3.63) is 47.0 Å². The minimum Gasteiger partial charge on any atom is -0.377 e. The summed E-state index contributed by atoms with van der Waals surface area (Å²) >= 11 is 0. The Morgan fingerprint density at radius 3 is 2.65 bits per heavy atom. The normalized spacial score (nSPS) is 10.6. The number of benzene rings is 1. The first-order valence-electron chi connectivity index (χ1n) is 5.26. The number of imidazole rings is 1. The van der Waals surface area contributed by atoms with Crippen molar-refractivity contribution < 1.29 is 8.78 Å². The van der Waals surface area contributed by atoms with E-state index in [0.717, 1.165) is 17.5 Å². The van der Waals surface area contributed by atoms with Crippen molar-refractivity contribution in [3.63, 3.8) is 0 Å². The van der Waals surface area contributed by atoms with E-state index < -0.39 is 11.6 Å². The van der Waals surface area contributed by atoms with E-state index in [9.17, 15) is 8.78 Å². The second-order valence-electron chi connectivity index (χ2n) is 3.91. The van der Waals surface area contributed by atoms with Gasteiger partial charge in [0.25, 0.3) is 0 Å². The first-order chi connectivity index (χ1) is 8.08. The number of rotatable bonds is 3. The molecule has 0 bridgehead atoms. The van der Waals surface area contributed by atoms with Gasteiger partial charge < -0.3 is 10.3 Å². The molecule has 3 nitrogen and oxygen atoms in total. The van der Waals surface area contributed by atoms with E-state index in [4.69, 9.17) is 0 Å². The average Bonchev–Trinajstić information content (AvgIpc) is 2.68. The van der Waals surface area contributed by atoms with Gasteiger partial charge >= 0.3 is 0 Å². The average molecular weight is 237 g/mol. The molecule has 90 valence electrons. The third-order valence-electron chi connectivity index (χ3n) is 2.63. The number of aromatic amines is 1. The standard InChI is InChI=1S/C12H13F2N3/c1-7-3-10(14)11(4-9(7)13)15-5-12-8(2)16-6-17-12/h3-4,6,15H,5H2,1-2H3,(H,16,17). The number of H-pyrrole nitrogens is 1. The van der Waals surface area contributed by atoms with Gasteiger partial charge in [0.05, 0.1) is 24.3 Å². The van der Waals surface area contributed by atoms with Crippen LogP contribution in [-0.4, -0.2) is 9.97 Å². The highest BCUT2D eigenvalue weighted by Gasteiger charge is 2.08. The van der Waals surface area contributed by atoms with E-state index in [-0.39, 0.29) is 5.69 Å². The molecule has 0 amide bonds. The zero-order chi connectivity index (χ0) is 12.4. The van der Waals surface area contributed by atoms with Crippen molar-refractivity contribution in [2.45, 2.75) is 20.4 Å². The third kappa shape index (κ3) is 2.43. The second-order valence-corrected chi connectivity index (χ2v) is 3.91. The minimum absolute atomic E-state index is 0.149. The Balaban J connectivity index is 2.14. The van der Waals surface area contributed by atoms with Crippen LogP contribution in [0.5, 0.6) is 0 Å². The number of aryl methyl sites for hydroxylation is 2. The summed E-state index contributed by atoms with van der Waals surface area (Å²) < 4.78 is 26.8. The van der Waals surface area contributed by atoms with Crippen molar-refractivity contribution in [1.29, 1.82) is 0 Å². The van der Waals surface area contributed by atoms with Crippen LogP contribution < -0.4 is 5.32 Å². The summed E-state index contributed by atoms with van der Waals surface area (Å²) in [6, 6.07) is 2.34. The number of hydrogen-bond acceptors (Lipinski definition) is 2. The van der Waals surface area contributed by atoms with Crippen LogP contribution in [0.2, 0.25) is 0 Å². The number of anilines is 1. The molecule has 0 spiro atoms. The van der Waals surface area contributed by atoms with Crippen LogP contribution in [0.15, 0.2) is 18.5 Å². The van der Waals surface area contributed by atoms with Gasteiger partial charge in [0.15, 0.2) is 0 Å². The molecule has 1 heterocycles. The van der Waals surface area contributed by atoms with Crippen LogP contribution in [0, 0.1) is 25.5 Å². The maximum Gasteiger partial charge on any atom is 0.146 e. The van der Waals surface area contributed by atoms with Gasteiger partial charge in [-0.2, -0.15) is 0 Å². The van der Waals surface area contributed by atoms with E-state index >= 15 is 0 Å². The molecule has 1 aromatic carbocycles. The van der Waals surface area contributed by atoms with E-state index in [1.807, 2.05) is 6.92 Å². The fraction of sp³-hybridized carbons (Fsp3) is 0.250. The second kappa shape index (κ2) is 4.53. The monoisotopic (exact) mass is 237 g/mol. The number of nitrogens with zero attached hydrogens (tertiary/aromatic N) is 1. The van der Waals surface area contributed by atoms with Crippen LogP contribution in [-0.2, 0) is 6.54 Å². The van der Waals surface area contributed by atoms with Crippen LogP contribution in [0.1, 0.15) is 17.0 Å². The first-order valence-corrected chi connectivity index (χ1v) is 5.26. The van der Waals surface area contributed by atoms with E-state index in [1.165, 1.54) is 13.0 Å².